The largest absolute Gasteiger partial charge is 0.357 e. The van der Waals surface area contributed by atoms with Crippen molar-refractivity contribution < 1.29 is 0 Å². The first kappa shape index (κ1) is 16.3. The van der Waals surface area contributed by atoms with Gasteiger partial charge in [0.1, 0.15) is 0 Å². The first-order chi connectivity index (χ1) is 9.67. The summed E-state index contributed by atoms with van der Waals surface area (Å²) < 4.78 is 1.93. The number of allylic oxidation sites excluding steroid dienone is 1. The van der Waals surface area contributed by atoms with Crippen LogP contribution >= 0.6 is 0 Å². The number of aliphatic imine (C=N–C) groups is 1. The number of hydrogen-bond donors (Lipinski definition) is 1. The van der Waals surface area contributed by atoms with Gasteiger partial charge in [0.05, 0.1) is 19.3 Å². The average molecular weight is 277 g/mol. The van der Waals surface area contributed by atoms with Gasteiger partial charge in [-0.3, -0.25) is 9.67 Å². The van der Waals surface area contributed by atoms with Crippen LogP contribution in [0.15, 0.2) is 30.0 Å². The Labute approximate surface area is 122 Å². The minimum Gasteiger partial charge on any atom is -0.357 e. The number of aromatic nitrogens is 2. The Hall–Kier alpha value is -1.78. The summed E-state index contributed by atoms with van der Waals surface area (Å²) in [5.74, 6) is 0.959. The fourth-order valence-corrected chi connectivity index (χ4v) is 1.90. The van der Waals surface area contributed by atoms with Gasteiger partial charge >= 0.3 is 0 Å². The lowest BCUT2D eigenvalue weighted by molar-refractivity contribution is 0.468. The third-order valence-electron chi connectivity index (χ3n) is 2.95. The molecule has 112 valence electrons. The molecule has 0 amide bonds. The Morgan fingerprint density at radius 3 is 3.00 bits per heavy atom. The summed E-state index contributed by atoms with van der Waals surface area (Å²) in [6.07, 6.45) is 8.00. The second-order valence-corrected chi connectivity index (χ2v) is 4.87. The van der Waals surface area contributed by atoms with Crippen molar-refractivity contribution in [3.8, 4) is 0 Å². The van der Waals surface area contributed by atoms with Crippen LogP contribution in [0, 0.1) is 6.92 Å². The molecular weight excluding hydrogens is 250 g/mol. The Morgan fingerprint density at radius 1 is 1.60 bits per heavy atom. The summed E-state index contributed by atoms with van der Waals surface area (Å²) in [5.41, 5.74) is 1.18. The summed E-state index contributed by atoms with van der Waals surface area (Å²) in [4.78, 5) is 6.81. The Balaban J connectivity index is 2.46. The predicted octanol–water partition coefficient (Wildman–Crippen LogP) is 2.06. The number of hydrogen-bond acceptors (Lipinski definition) is 2. The van der Waals surface area contributed by atoms with E-state index in [0.717, 1.165) is 45.0 Å². The number of unbranched alkanes of at least 4 members (excludes halogenated alkanes) is 1. The van der Waals surface area contributed by atoms with Gasteiger partial charge in [0.25, 0.3) is 0 Å². The predicted molar refractivity (Wildman–Crippen MR) is 85.0 cm³/mol. The van der Waals surface area contributed by atoms with Crippen molar-refractivity contribution in [1.82, 2.24) is 20.0 Å². The molecule has 0 spiro atoms. The van der Waals surface area contributed by atoms with Crippen LogP contribution in [-0.4, -0.2) is 47.3 Å². The molecule has 0 fully saturated rings. The van der Waals surface area contributed by atoms with Gasteiger partial charge in [0.15, 0.2) is 5.96 Å². The quantitative estimate of drug-likeness (QED) is 0.342. The van der Waals surface area contributed by atoms with Gasteiger partial charge < -0.3 is 10.2 Å². The molecule has 1 rings (SSSR count). The fourth-order valence-electron chi connectivity index (χ4n) is 1.90. The summed E-state index contributed by atoms with van der Waals surface area (Å²) in [7, 11) is 2.07. The molecule has 0 aromatic carbocycles. The number of nitrogens with zero attached hydrogens (tertiary/aromatic N) is 4. The van der Waals surface area contributed by atoms with Crippen molar-refractivity contribution in [3.05, 3.63) is 30.6 Å². The van der Waals surface area contributed by atoms with Crippen LogP contribution in [-0.2, 0) is 6.54 Å². The third kappa shape index (κ3) is 5.91. The second-order valence-electron chi connectivity index (χ2n) is 4.87. The molecule has 1 N–H and O–H groups in total. The van der Waals surface area contributed by atoms with Crippen molar-refractivity contribution in [2.45, 2.75) is 33.2 Å². The number of guanidine groups is 1. The molecule has 0 atom stereocenters. The van der Waals surface area contributed by atoms with E-state index < -0.39 is 0 Å². The topological polar surface area (TPSA) is 45.5 Å². The van der Waals surface area contributed by atoms with Crippen molar-refractivity contribution in [2.75, 3.05) is 26.7 Å². The number of aryl methyl sites for hydroxylation is 1. The zero-order valence-corrected chi connectivity index (χ0v) is 13.0. The maximum atomic E-state index is 4.64. The van der Waals surface area contributed by atoms with E-state index in [1.54, 1.807) is 0 Å². The second kappa shape index (κ2) is 9.18. The molecule has 5 nitrogen and oxygen atoms in total. The maximum absolute atomic E-state index is 4.64. The summed E-state index contributed by atoms with van der Waals surface area (Å²) in [5, 5.41) is 7.59. The van der Waals surface area contributed by atoms with E-state index in [4.69, 9.17) is 0 Å². The molecule has 0 bridgehead atoms. The minimum atomic E-state index is 0.731. The van der Waals surface area contributed by atoms with Crippen LogP contribution in [0.25, 0.3) is 0 Å². The Bertz CT molecular complexity index is 422. The van der Waals surface area contributed by atoms with E-state index >= 15 is 0 Å². The van der Waals surface area contributed by atoms with Gasteiger partial charge in [-0.2, -0.15) is 5.10 Å². The summed E-state index contributed by atoms with van der Waals surface area (Å²) in [6, 6.07) is 0. The van der Waals surface area contributed by atoms with Gasteiger partial charge in [-0.05, 0) is 32.3 Å². The zero-order valence-electron chi connectivity index (χ0n) is 13.0. The summed E-state index contributed by atoms with van der Waals surface area (Å²) >= 11 is 0. The molecule has 1 aromatic heterocycles. The molecule has 1 aromatic rings. The molecule has 0 saturated heterocycles. The monoisotopic (exact) mass is 277 g/mol. The molecule has 0 aliphatic carbocycles. The van der Waals surface area contributed by atoms with E-state index in [9.17, 15) is 0 Å². The van der Waals surface area contributed by atoms with Crippen LogP contribution in [0.4, 0.5) is 0 Å². The van der Waals surface area contributed by atoms with Gasteiger partial charge in [0.2, 0.25) is 0 Å². The molecule has 0 unspecified atom stereocenters. The Kier molecular flexibility index (Phi) is 7.47. The summed E-state index contributed by atoms with van der Waals surface area (Å²) in [6.45, 7) is 11.3. The highest BCUT2D eigenvalue weighted by Crippen LogP contribution is 1.96. The molecule has 0 saturated carbocycles. The molecule has 5 heteroatoms. The van der Waals surface area contributed by atoms with Crippen LogP contribution in [0.5, 0.6) is 0 Å². The Morgan fingerprint density at radius 2 is 2.40 bits per heavy atom. The standard InChI is InChI=1S/C15H27N5/c1-5-7-8-10-19(4)15(16-6-2)17-9-11-20-13-14(3)12-18-20/h5,12-13H,1,6-11H2,2-4H3,(H,16,17). The molecule has 0 aliphatic rings. The van der Waals surface area contributed by atoms with Gasteiger partial charge in [-0.15, -0.1) is 6.58 Å². The third-order valence-corrected chi connectivity index (χ3v) is 2.95. The van der Waals surface area contributed by atoms with Crippen molar-refractivity contribution in [1.29, 1.82) is 0 Å². The highest BCUT2D eigenvalue weighted by atomic mass is 15.3. The van der Waals surface area contributed by atoms with Gasteiger partial charge in [0, 0.05) is 26.3 Å². The molecule has 1 heterocycles. The smallest absolute Gasteiger partial charge is 0.193 e. The highest BCUT2D eigenvalue weighted by Gasteiger charge is 2.04. The minimum absolute atomic E-state index is 0.731. The molecule has 0 radical (unpaired) electrons. The van der Waals surface area contributed by atoms with Crippen molar-refractivity contribution >= 4 is 5.96 Å². The van der Waals surface area contributed by atoms with Gasteiger partial charge in [-0.1, -0.05) is 6.08 Å². The molecular formula is C15H27N5. The lowest BCUT2D eigenvalue weighted by Crippen LogP contribution is -2.39. The molecule has 0 aliphatic heterocycles. The van der Waals surface area contributed by atoms with E-state index in [-0.39, 0.29) is 0 Å². The highest BCUT2D eigenvalue weighted by molar-refractivity contribution is 5.79. The van der Waals surface area contributed by atoms with E-state index in [2.05, 4.69) is 40.9 Å². The van der Waals surface area contributed by atoms with Crippen LogP contribution in [0.2, 0.25) is 0 Å². The first-order valence-electron chi connectivity index (χ1n) is 7.26. The van der Waals surface area contributed by atoms with Crippen LogP contribution in [0.1, 0.15) is 25.3 Å². The van der Waals surface area contributed by atoms with Crippen LogP contribution < -0.4 is 5.32 Å². The normalized spacial score (nSPS) is 11.4. The maximum Gasteiger partial charge on any atom is 0.193 e. The number of nitrogens with one attached hydrogen (secondary N) is 1. The van der Waals surface area contributed by atoms with E-state index in [1.807, 2.05) is 30.1 Å². The van der Waals surface area contributed by atoms with E-state index in [0.29, 0.717) is 0 Å². The van der Waals surface area contributed by atoms with Crippen molar-refractivity contribution in [2.24, 2.45) is 4.99 Å². The first-order valence-corrected chi connectivity index (χ1v) is 7.26. The van der Waals surface area contributed by atoms with E-state index in [1.165, 1.54) is 5.56 Å². The average Bonchev–Trinajstić information content (AvgIpc) is 2.83. The SMILES string of the molecule is C=CCCCN(C)C(=NCCn1cc(C)cn1)NCC. The van der Waals surface area contributed by atoms with Gasteiger partial charge in [-0.25, -0.2) is 0 Å². The molecule has 20 heavy (non-hydrogen) atoms. The lowest BCUT2D eigenvalue weighted by atomic mass is 10.3. The zero-order chi connectivity index (χ0) is 14.8. The fraction of sp³-hybridized carbons (Fsp3) is 0.600. The number of rotatable bonds is 8. The van der Waals surface area contributed by atoms with Crippen LogP contribution in [0.3, 0.4) is 0 Å². The lowest BCUT2D eigenvalue weighted by Gasteiger charge is -2.21. The van der Waals surface area contributed by atoms with Crippen molar-refractivity contribution in [3.63, 3.8) is 0 Å².